The summed E-state index contributed by atoms with van der Waals surface area (Å²) in [7, 11) is 2.90. The van der Waals surface area contributed by atoms with Crippen molar-refractivity contribution >= 4 is 18.5 Å². The average Bonchev–Trinajstić information content (AvgIpc) is 2.31. The molecule has 0 aromatic heterocycles. The van der Waals surface area contributed by atoms with Crippen LogP contribution in [-0.2, 0) is 20.9 Å². The summed E-state index contributed by atoms with van der Waals surface area (Å²) in [6.07, 6.45) is 0. The van der Waals surface area contributed by atoms with E-state index in [2.05, 4.69) is 6.07 Å². The maximum absolute atomic E-state index is 8.72. The molecule has 0 N–H and O–H groups in total. The Labute approximate surface area is 100 Å². The van der Waals surface area contributed by atoms with Crippen LogP contribution < -0.4 is 4.52 Å². The first-order valence-corrected chi connectivity index (χ1v) is 7.02. The van der Waals surface area contributed by atoms with Crippen LogP contribution in [0.2, 0.25) is 0 Å². The van der Waals surface area contributed by atoms with Gasteiger partial charge in [-0.25, -0.2) is 0 Å². The lowest BCUT2D eigenvalue weighted by atomic mass is 10.1. The molecule has 0 saturated heterocycles. The van der Waals surface area contributed by atoms with Crippen molar-refractivity contribution in [2.45, 2.75) is 6.92 Å². The molecule has 0 spiro atoms. The second-order valence-electron chi connectivity index (χ2n) is 3.00. The van der Waals surface area contributed by atoms with Gasteiger partial charge >= 0.3 is 6.72 Å². The first-order valence-electron chi connectivity index (χ1n) is 4.46. The average molecular weight is 257 g/mol. The minimum absolute atomic E-state index is 0.575. The number of benzene rings is 1. The van der Waals surface area contributed by atoms with Gasteiger partial charge < -0.3 is 13.6 Å². The van der Waals surface area contributed by atoms with E-state index in [0.717, 1.165) is 5.56 Å². The quantitative estimate of drug-likeness (QED) is 0.776. The van der Waals surface area contributed by atoms with E-state index in [1.165, 1.54) is 14.2 Å². The predicted octanol–water partition coefficient (Wildman–Crippen LogP) is 2.76. The van der Waals surface area contributed by atoms with Gasteiger partial charge in [-0.15, -0.1) is 0 Å². The minimum atomic E-state index is -2.70. The van der Waals surface area contributed by atoms with Crippen molar-refractivity contribution in [1.82, 2.24) is 0 Å². The Morgan fingerprint density at radius 3 is 2.38 bits per heavy atom. The third kappa shape index (κ3) is 3.03. The molecule has 0 unspecified atom stereocenters. The van der Waals surface area contributed by atoms with Crippen LogP contribution in [-0.4, -0.2) is 14.2 Å². The summed E-state index contributed by atoms with van der Waals surface area (Å²) in [4.78, 5) is 0. The zero-order chi connectivity index (χ0) is 12.2. The molecule has 0 aliphatic heterocycles. The SMILES string of the molecule is COP(=S)(OC)Oc1ccc(C#N)cc1C. The predicted molar refractivity (Wildman–Crippen MR) is 64.8 cm³/mol. The highest BCUT2D eigenvalue weighted by Crippen LogP contribution is 2.48. The van der Waals surface area contributed by atoms with Gasteiger partial charge in [0.1, 0.15) is 5.75 Å². The van der Waals surface area contributed by atoms with Crippen LogP contribution in [0.4, 0.5) is 0 Å². The van der Waals surface area contributed by atoms with Crippen molar-refractivity contribution in [3.63, 3.8) is 0 Å². The largest absolute Gasteiger partial charge is 0.424 e. The van der Waals surface area contributed by atoms with Gasteiger partial charge in [0, 0.05) is 26.0 Å². The Morgan fingerprint density at radius 1 is 1.31 bits per heavy atom. The van der Waals surface area contributed by atoms with Crippen LogP contribution in [0.25, 0.3) is 0 Å². The highest BCUT2D eigenvalue weighted by molar-refractivity contribution is 8.07. The molecule has 0 radical (unpaired) electrons. The van der Waals surface area contributed by atoms with Crippen molar-refractivity contribution in [1.29, 1.82) is 5.26 Å². The van der Waals surface area contributed by atoms with Crippen LogP contribution in [0.5, 0.6) is 5.75 Å². The molecule has 0 aliphatic carbocycles. The number of nitriles is 1. The normalized spacial score (nSPS) is 10.9. The number of hydrogen-bond donors (Lipinski definition) is 0. The molecule has 0 atom stereocenters. The van der Waals surface area contributed by atoms with Crippen molar-refractivity contribution in [3.8, 4) is 11.8 Å². The molecule has 1 aromatic rings. The fraction of sp³-hybridized carbons (Fsp3) is 0.300. The Bertz CT molecular complexity index is 462. The standard InChI is InChI=1S/C10H12NO3PS/c1-8-6-9(7-11)4-5-10(8)14-15(16,12-2)13-3/h4-6H,1-3H3. The molecule has 1 aromatic carbocycles. The van der Waals surface area contributed by atoms with Crippen molar-refractivity contribution in [2.24, 2.45) is 0 Å². The van der Waals surface area contributed by atoms with E-state index in [4.69, 9.17) is 30.6 Å². The second-order valence-corrected chi connectivity index (χ2v) is 6.14. The summed E-state index contributed by atoms with van der Waals surface area (Å²) in [6.45, 7) is -0.869. The van der Waals surface area contributed by atoms with Gasteiger partial charge in [-0.1, -0.05) is 0 Å². The zero-order valence-corrected chi connectivity index (χ0v) is 11.0. The Kier molecular flexibility index (Phi) is 4.45. The highest BCUT2D eigenvalue weighted by atomic mass is 32.5. The lowest BCUT2D eigenvalue weighted by molar-refractivity contribution is 0.272. The molecular weight excluding hydrogens is 245 g/mol. The number of hydrogen-bond acceptors (Lipinski definition) is 5. The number of rotatable bonds is 4. The lowest BCUT2D eigenvalue weighted by Gasteiger charge is -2.19. The van der Waals surface area contributed by atoms with Crippen LogP contribution in [0, 0.1) is 18.3 Å². The minimum Gasteiger partial charge on any atom is -0.424 e. The van der Waals surface area contributed by atoms with Gasteiger partial charge in [0.2, 0.25) is 0 Å². The topological polar surface area (TPSA) is 51.5 Å². The maximum atomic E-state index is 8.72. The van der Waals surface area contributed by atoms with Gasteiger partial charge in [0.15, 0.2) is 0 Å². The van der Waals surface area contributed by atoms with E-state index in [-0.39, 0.29) is 0 Å². The van der Waals surface area contributed by atoms with E-state index in [0.29, 0.717) is 11.3 Å². The molecule has 86 valence electrons. The highest BCUT2D eigenvalue weighted by Gasteiger charge is 2.19. The Balaban J connectivity index is 2.99. The molecule has 1 rings (SSSR count). The molecular formula is C10H12NO3PS. The van der Waals surface area contributed by atoms with E-state index >= 15 is 0 Å². The molecule has 0 aliphatic rings. The lowest BCUT2D eigenvalue weighted by Crippen LogP contribution is -1.98. The monoisotopic (exact) mass is 257 g/mol. The van der Waals surface area contributed by atoms with E-state index in [9.17, 15) is 0 Å². The van der Waals surface area contributed by atoms with E-state index < -0.39 is 6.72 Å². The van der Waals surface area contributed by atoms with Crippen molar-refractivity contribution in [3.05, 3.63) is 29.3 Å². The molecule has 0 fully saturated rings. The smallest absolute Gasteiger partial charge is 0.380 e. The summed E-state index contributed by atoms with van der Waals surface area (Å²) < 4.78 is 15.5. The van der Waals surface area contributed by atoms with Crippen molar-refractivity contribution < 1.29 is 13.6 Å². The van der Waals surface area contributed by atoms with Crippen LogP contribution >= 0.6 is 6.72 Å². The summed E-state index contributed by atoms with van der Waals surface area (Å²) >= 11 is 5.09. The van der Waals surface area contributed by atoms with Crippen LogP contribution in [0.15, 0.2) is 18.2 Å². The van der Waals surface area contributed by atoms with Gasteiger partial charge in [-0.05, 0) is 30.7 Å². The van der Waals surface area contributed by atoms with Crippen molar-refractivity contribution in [2.75, 3.05) is 14.2 Å². The van der Waals surface area contributed by atoms with E-state index in [1.54, 1.807) is 18.2 Å². The number of nitrogens with zero attached hydrogens (tertiary/aromatic N) is 1. The summed E-state index contributed by atoms with van der Waals surface area (Å²) in [5.74, 6) is 0.575. The van der Waals surface area contributed by atoms with Gasteiger partial charge in [0.05, 0.1) is 11.6 Å². The zero-order valence-electron chi connectivity index (χ0n) is 9.26. The molecule has 16 heavy (non-hydrogen) atoms. The summed E-state index contributed by atoms with van der Waals surface area (Å²) in [5.41, 5.74) is 1.40. The fourth-order valence-corrected chi connectivity index (χ4v) is 2.08. The number of aryl methyl sites for hydroxylation is 1. The fourth-order valence-electron chi connectivity index (χ4n) is 1.09. The molecule has 6 heteroatoms. The van der Waals surface area contributed by atoms with Crippen LogP contribution in [0.1, 0.15) is 11.1 Å². The third-order valence-electron chi connectivity index (χ3n) is 1.96. The van der Waals surface area contributed by atoms with Gasteiger partial charge in [0.25, 0.3) is 0 Å². The molecule has 0 amide bonds. The Morgan fingerprint density at radius 2 is 1.94 bits per heavy atom. The van der Waals surface area contributed by atoms with Gasteiger partial charge in [-0.2, -0.15) is 5.26 Å². The second kappa shape index (κ2) is 5.42. The molecule has 0 heterocycles. The first-order chi connectivity index (χ1) is 7.54. The summed E-state index contributed by atoms with van der Waals surface area (Å²) in [6, 6.07) is 7.12. The third-order valence-corrected chi connectivity index (χ3v) is 4.39. The summed E-state index contributed by atoms with van der Waals surface area (Å²) in [5, 5.41) is 8.72. The molecule has 0 bridgehead atoms. The van der Waals surface area contributed by atoms with Gasteiger partial charge in [-0.3, -0.25) is 0 Å². The van der Waals surface area contributed by atoms with Crippen LogP contribution in [0.3, 0.4) is 0 Å². The Hall–Kier alpha value is -0.920. The molecule has 4 nitrogen and oxygen atoms in total. The molecule has 0 saturated carbocycles. The van der Waals surface area contributed by atoms with E-state index in [1.807, 2.05) is 6.92 Å². The first kappa shape index (κ1) is 13.1. The maximum Gasteiger partial charge on any atom is 0.380 e.